The minimum Gasteiger partial charge on any atom is -0.490 e. The van der Waals surface area contributed by atoms with Crippen LogP contribution in [-0.4, -0.2) is 45.8 Å². The molecule has 3 rings (SSSR count). The Balaban J connectivity index is 1.75. The zero-order chi connectivity index (χ0) is 19.4. The number of rotatable bonds is 6. The maximum atomic E-state index is 11.6. The summed E-state index contributed by atoms with van der Waals surface area (Å²) >= 11 is 0. The van der Waals surface area contributed by atoms with E-state index >= 15 is 0 Å². The Morgan fingerprint density at radius 3 is 2.70 bits per heavy atom. The van der Waals surface area contributed by atoms with Gasteiger partial charge >= 0.3 is 6.09 Å². The fourth-order valence-corrected chi connectivity index (χ4v) is 2.97. The molecule has 0 bridgehead atoms. The van der Waals surface area contributed by atoms with Gasteiger partial charge in [0.15, 0.2) is 0 Å². The summed E-state index contributed by atoms with van der Waals surface area (Å²) in [6, 6.07) is 10.3. The van der Waals surface area contributed by atoms with E-state index in [1.54, 1.807) is 12.4 Å². The van der Waals surface area contributed by atoms with Gasteiger partial charge in [-0.05, 0) is 57.0 Å². The molecule has 1 aliphatic heterocycles. The fourth-order valence-electron chi connectivity index (χ4n) is 2.97. The number of pyridine rings is 1. The van der Waals surface area contributed by atoms with Crippen LogP contribution in [0.15, 0.2) is 42.7 Å². The van der Waals surface area contributed by atoms with Crippen LogP contribution < -0.4 is 10.1 Å². The van der Waals surface area contributed by atoms with Gasteiger partial charge in [0.05, 0.1) is 6.20 Å². The summed E-state index contributed by atoms with van der Waals surface area (Å²) < 4.78 is 5.83. The molecule has 2 N–H and O–H groups in total. The SMILES string of the molecule is CC(C)(C)N(Cc1cccc(-c2cncc(OC[C@@H]3CCN3)c2)c1)C(=O)O. The van der Waals surface area contributed by atoms with Crippen LogP contribution in [0.1, 0.15) is 32.8 Å². The van der Waals surface area contributed by atoms with Crippen LogP contribution in [0.25, 0.3) is 11.1 Å². The van der Waals surface area contributed by atoms with Gasteiger partial charge in [0.1, 0.15) is 12.4 Å². The lowest BCUT2D eigenvalue weighted by atomic mass is 10.0. The number of nitrogens with one attached hydrogen (secondary N) is 1. The summed E-state index contributed by atoms with van der Waals surface area (Å²) in [7, 11) is 0. The van der Waals surface area contributed by atoms with Crippen LogP contribution in [0.2, 0.25) is 0 Å². The molecule has 6 nitrogen and oxygen atoms in total. The summed E-state index contributed by atoms with van der Waals surface area (Å²) in [5, 5.41) is 12.8. The molecule has 1 aromatic heterocycles. The molecule has 0 unspecified atom stereocenters. The Labute approximate surface area is 160 Å². The summed E-state index contributed by atoms with van der Waals surface area (Å²) in [4.78, 5) is 17.3. The second-order valence-electron chi connectivity index (χ2n) is 7.90. The number of carbonyl (C=O) groups is 1. The molecule has 0 saturated carbocycles. The third kappa shape index (κ3) is 4.98. The quantitative estimate of drug-likeness (QED) is 0.811. The van der Waals surface area contributed by atoms with Crippen molar-refractivity contribution in [3.05, 3.63) is 48.3 Å². The van der Waals surface area contributed by atoms with Gasteiger partial charge in [-0.3, -0.25) is 9.88 Å². The first-order valence-electron chi connectivity index (χ1n) is 9.24. The number of hydrogen-bond acceptors (Lipinski definition) is 4. The minimum absolute atomic E-state index is 0.337. The lowest BCUT2D eigenvalue weighted by Gasteiger charge is -2.33. The second-order valence-corrected chi connectivity index (χ2v) is 7.90. The van der Waals surface area contributed by atoms with Crippen LogP contribution in [0.5, 0.6) is 5.75 Å². The van der Waals surface area contributed by atoms with E-state index < -0.39 is 11.6 Å². The number of ether oxygens (including phenoxy) is 1. The molecule has 1 atom stereocenters. The van der Waals surface area contributed by atoms with Crippen molar-refractivity contribution < 1.29 is 14.6 Å². The maximum absolute atomic E-state index is 11.6. The number of benzene rings is 1. The Bertz CT molecular complexity index is 797. The molecule has 1 aliphatic rings. The van der Waals surface area contributed by atoms with E-state index in [0.29, 0.717) is 19.2 Å². The summed E-state index contributed by atoms with van der Waals surface area (Å²) in [5.41, 5.74) is 2.42. The molecule has 6 heteroatoms. The van der Waals surface area contributed by atoms with Gasteiger partial charge in [-0.1, -0.05) is 18.2 Å². The maximum Gasteiger partial charge on any atom is 0.408 e. The van der Waals surface area contributed by atoms with Gasteiger partial charge < -0.3 is 15.2 Å². The third-order valence-electron chi connectivity index (χ3n) is 4.73. The van der Waals surface area contributed by atoms with E-state index in [4.69, 9.17) is 4.74 Å². The first kappa shape index (κ1) is 19.2. The van der Waals surface area contributed by atoms with E-state index in [1.165, 1.54) is 4.90 Å². The molecule has 0 spiro atoms. The highest BCUT2D eigenvalue weighted by Crippen LogP contribution is 2.25. The van der Waals surface area contributed by atoms with E-state index in [0.717, 1.165) is 35.4 Å². The predicted octanol–water partition coefficient (Wildman–Crippen LogP) is 3.77. The van der Waals surface area contributed by atoms with Crippen LogP contribution in [0.4, 0.5) is 4.79 Å². The minimum atomic E-state index is -0.922. The van der Waals surface area contributed by atoms with Crippen molar-refractivity contribution in [1.29, 1.82) is 0 Å². The van der Waals surface area contributed by atoms with E-state index in [2.05, 4.69) is 10.3 Å². The highest BCUT2D eigenvalue weighted by molar-refractivity contribution is 5.67. The zero-order valence-electron chi connectivity index (χ0n) is 16.1. The van der Waals surface area contributed by atoms with Crippen LogP contribution >= 0.6 is 0 Å². The number of nitrogens with zero attached hydrogens (tertiary/aromatic N) is 2. The highest BCUT2D eigenvalue weighted by Gasteiger charge is 2.26. The molecule has 0 radical (unpaired) electrons. The smallest absolute Gasteiger partial charge is 0.408 e. The molecule has 2 heterocycles. The van der Waals surface area contributed by atoms with Crippen molar-refractivity contribution in [1.82, 2.24) is 15.2 Å². The van der Waals surface area contributed by atoms with E-state index in [1.807, 2.05) is 51.1 Å². The van der Waals surface area contributed by atoms with Crippen molar-refractivity contribution >= 4 is 6.09 Å². The molecule has 1 aromatic carbocycles. The normalized spacial score (nSPS) is 16.5. The summed E-state index contributed by atoms with van der Waals surface area (Å²) in [6.07, 6.45) is 3.74. The molecule has 1 fully saturated rings. The van der Waals surface area contributed by atoms with Crippen LogP contribution in [0, 0.1) is 0 Å². The predicted molar refractivity (Wildman–Crippen MR) is 105 cm³/mol. The standard InChI is InChI=1S/C21H27N3O3/c1-21(2,3)24(20(25)26)13-15-5-4-6-16(9-15)17-10-19(12-22-11-17)27-14-18-7-8-23-18/h4-6,9-12,18,23H,7-8,13-14H2,1-3H3,(H,25,26)/t18-/m0/s1. The molecule has 27 heavy (non-hydrogen) atoms. The zero-order valence-corrected chi connectivity index (χ0v) is 16.1. The van der Waals surface area contributed by atoms with Crippen LogP contribution in [0.3, 0.4) is 0 Å². The lowest BCUT2D eigenvalue weighted by molar-refractivity contribution is 0.0956. The number of aromatic nitrogens is 1. The van der Waals surface area contributed by atoms with Crippen molar-refractivity contribution in [2.75, 3.05) is 13.2 Å². The summed E-state index contributed by atoms with van der Waals surface area (Å²) in [6.45, 7) is 7.72. The highest BCUT2D eigenvalue weighted by atomic mass is 16.5. The third-order valence-corrected chi connectivity index (χ3v) is 4.73. The topological polar surface area (TPSA) is 74.7 Å². The molecule has 2 aromatic rings. The van der Waals surface area contributed by atoms with Crippen molar-refractivity contribution in [3.63, 3.8) is 0 Å². The first-order chi connectivity index (χ1) is 12.8. The van der Waals surface area contributed by atoms with Gasteiger partial charge in [0, 0.05) is 29.9 Å². The van der Waals surface area contributed by atoms with Crippen molar-refractivity contribution in [2.24, 2.45) is 0 Å². The largest absolute Gasteiger partial charge is 0.490 e. The van der Waals surface area contributed by atoms with Gasteiger partial charge in [0.25, 0.3) is 0 Å². The Morgan fingerprint density at radius 1 is 1.30 bits per heavy atom. The van der Waals surface area contributed by atoms with Crippen molar-refractivity contribution in [2.45, 2.75) is 45.3 Å². The monoisotopic (exact) mass is 369 g/mol. The average molecular weight is 369 g/mol. The molecule has 1 saturated heterocycles. The molecule has 144 valence electrons. The van der Waals surface area contributed by atoms with Gasteiger partial charge in [-0.15, -0.1) is 0 Å². The Morgan fingerprint density at radius 2 is 2.07 bits per heavy atom. The van der Waals surface area contributed by atoms with Gasteiger partial charge in [-0.25, -0.2) is 4.79 Å². The summed E-state index contributed by atoms with van der Waals surface area (Å²) in [5.74, 6) is 0.744. The Kier molecular flexibility index (Phi) is 5.65. The molecule has 0 aliphatic carbocycles. The number of hydrogen-bond donors (Lipinski definition) is 2. The van der Waals surface area contributed by atoms with Crippen molar-refractivity contribution in [3.8, 4) is 16.9 Å². The number of amides is 1. The van der Waals surface area contributed by atoms with Crippen LogP contribution in [-0.2, 0) is 6.54 Å². The number of carboxylic acid groups (broad SMARTS) is 1. The van der Waals surface area contributed by atoms with Gasteiger partial charge in [0.2, 0.25) is 0 Å². The lowest BCUT2D eigenvalue weighted by Crippen LogP contribution is -2.46. The average Bonchev–Trinajstić information content (AvgIpc) is 2.58. The molecular formula is C21H27N3O3. The van der Waals surface area contributed by atoms with E-state index in [-0.39, 0.29) is 0 Å². The first-order valence-corrected chi connectivity index (χ1v) is 9.24. The fraction of sp³-hybridized carbons (Fsp3) is 0.429. The van der Waals surface area contributed by atoms with E-state index in [9.17, 15) is 9.90 Å². The molecule has 1 amide bonds. The second kappa shape index (κ2) is 7.96. The Hall–Kier alpha value is -2.60. The van der Waals surface area contributed by atoms with Gasteiger partial charge in [-0.2, -0.15) is 0 Å². The molecular weight excluding hydrogens is 342 g/mol.